The number of carbonyl (C=O) groups is 2. The molecule has 1 aromatic rings. The van der Waals surface area contributed by atoms with Gasteiger partial charge in [0.15, 0.2) is 0 Å². The van der Waals surface area contributed by atoms with Gasteiger partial charge in [0.1, 0.15) is 10.9 Å². The van der Waals surface area contributed by atoms with Gasteiger partial charge in [0.25, 0.3) is 0 Å². The van der Waals surface area contributed by atoms with Crippen LogP contribution in [0.15, 0.2) is 4.90 Å². The number of hydrogen-bond acceptors (Lipinski definition) is 5. The largest absolute Gasteiger partial charge is 0.335 e. The van der Waals surface area contributed by atoms with Crippen molar-refractivity contribution < 1.29 is 18.0 Å². The number of aromatic nitrogens is 2. The highest BCUT2D eigenvalue weighted by Crippen LogP contribution is 2.26. The van der Waals surface area contributed by atoms with Crippen LogP contribution >= 0.6 is 0 Å². The standard InChI is InChI=1S/C14H21N5O4S/c1-9-13(10(2)17(4)15-9)24(22,23)18-5-6-19-11(7-18)14(21)16(3)8-12(19)20/h11H,5-8H2,1-4H3/t11-/m0/s1. The zero-order valence-corrected chi connectivity index (χ0v) is 15.0. The van der Waals surface area contributed by atoms with E-state index in [2.05, 4.69) is 5.10 Å². The molecule has 0 unspecified atom stereocenters. The van der Waals surface area contributed by atoms with Crippen molar-refractivity contribution in [3.63, 3.8) is 0 Å². The average molecular weight is 355 g/mol. The summed E-state index contributed by atoms with van der Waals surface area (Å²) in [7, 11) is -0.522. The average Bonchev–Trinajstić information content (AvgIpc) is 2.77. The number of likely N-dealkylation sites (N-methyl/N-ethyl adjacent to an activating group) is 1. The molecule has 0 spiro atoms. The summed E-state index contributed by atoms with van der Waals surface area (Å²) in [5.74, 6) is -0.373. The van der Waals surface area contributed by atoms with Crippen molar-refractivity contribution in [1.29, 1.82) is 0 Å². The van der Waals surface area contributed by atoms with Crippen LogP contribution in [-0.2, 0) is 26.7 Å². The third kappa shape index (κ3) is 2.40. The number of nitrogens with zero attached hydrogens (tertiary/aromatic N) is 5. The van der Waals surface area contributed by atoms with Crippen LogP contribution in [-0.4, -0.2) is 83.4 Å². The van der Waals surface area contributed by atoms with E-state index in [0.717, 1.165) is 0 Å². The van der Waals surface area contributed by atoms with Crippen molar-refractivity contribution in [2.24, 2.45) is 7.05 Å². The van der Waals surface area contributed by atoms with E-state index in [4.69, 9.17) is 0 Å². The van der Waals surface area contributed by atoms with Crippen molar-refractivity contribution in [2.45, 2.75) is 24.8 Å². The second kappa shape index (κ2) is 5.55. The Labute approximate surface area is 140 Å². The topological polar surface area (TPSA) is 95.8 Å². The van der Waals surface area contributed by atoms with Crippen LogP contribution in [0.25, 0.3) is 0 Å². The van der Waals surface area contributed by atoms with Gasteiger partial charge in [-0.05, 0) is 13.8 Å². The van der Waals surface area contributed by atoms with E-state index in [1.807, 2.05) is 0 Å². The molecule has 0 saturated carbocycles. The monoisotopic (exact) mass is 355 g/mol. The Bertz CT molecular complexity index is 815. The molecule has 132 valence electrons. The molecule has 1 atom stereocenters. The van der Waals surface area contributed by atoms with Gasteiger partial charge in [-0.15, -0.1) is 0 Å². The molecular weight excluding hydrogens is 334 g/mol. The SMILES string of the molecule is Cc1nn(C)c(C)c1S(=O)(=O)N1CCN2C(=O)CN(C)C(=O)[C@@H]2C1. The summed E-state index contributed by atoms with van der Waals surface area (Å²) in [6.45, 7) is 3.77. The second-order valence-electron chi connectivity index (χ2n) is 6.28. The Kier molecular flexibility index (Phi) is 3.91. The lowest BCUT2D eigenvalue weighted by molar-refractivity contribution is -0.156. The molecular formula is C14H21N5O4S. The van der Waals surface area contributed by atoms with Gasteiger partial charge in [-0.1, -0.05) is 0 Å². The van der Waals surface area contributed by atoms with Gasteiger partial charge in [-0.25, -0.2) is 8.42 Å². The lowest BCUT2D eigenvalue weighted by Gasteiger charge is -2.44. The molecule has 0 N–H and O–H groups in total. The fraction of sp³-hybridized carbons (Fsp3) is 0.643. The molecule has 0 aliphatic carbocycles. The zero-order valence-electron chi connectivity index (χ0n) is 14.2. The number of piperazine rings is 2. The maximum atomic E-state index is 13.0. The first-order valence-electron chi connectivity index (χ1n) is 7.69. The molecule has 1 aromatic heterocycles. The van der Waals surface area contributed by atoms with Crippen molar-refractivity contribution >= 4 is 21.8 Å². The Hall–Kier alpha value is -1.94. The predicted octanol–water partition coefficient (Wildman–Crippen LogP) is -1.29. The molecule has 24 heavy (non-hydrogen) atoms. The summed E-state index contributed by atoms with van der Waals surface area (Å²) in [6.07, 6.45) is 0. The molecule has 3 heterocycles. The van der Waals surface area contributed by atoms with Crippen LogP contribution in [0, 0.1) is 13.8 Å². The summed E-state index contributed by atoms with van der Waals surface area (Å²) in [4.78, 5) is 27.4. The summed E-state index contributed by atoms with van der Waals surface area (Å²) in [5.41, 5.74) is 0.985. The zero-order chi connectivity index (χ0) is 17.8. The predicted molar refractivity (Wildman–Crippen MR) is 84.6 cm³/mol. The first kappa shape index (κ1) is 16.9. The van der Waals surface area contributed by atoms with Crippen LogP contribution in [0.5, 0.6) is 0 Å². The van der Waals surface area contributed by atoms with E-state index in [1.54, 1.807) is 27.9 Å². The molecule has 2 amide bonds. The maximum absolute atomic E-state index is 13.0. The smallest absolute Gasteiger partial charge is 0.246 e. The van der Waals surface area contributed by atoms with E-state index in [0.29, 0.717) is 11.4 Å². The molecule has 3 rings (SSSR count). The Morgan fingerprint density at radius 2 is 1.79 bits per heavy atom. The number of fused-ring (bicyclic) bond motifs is 1. The highest BCUT2D eigenvalue weighted by atomic mass is 32.2. The molecule has 2 saturated heterocycles. The molecule has 0 radical (unpaired) electrons. The van der Waals surface area contributed by atoms with Crippen LogP contribution in [0.2, 0.25) is 0 Å². The van der Waals surface area contributed by atoms with Gasteiger partial charge in [0.2, 0.25) is 21.8 Å². The summed E-state index contributed by atoms with van der Waals surface area (Å²) < 4.78 is 28.9. The lowest BCUT2D eigenvalue weighted by Crippen LogP contribution is -2.66. The molecule has 9 nitrogen and oxygen atoms in total. The van der Waals surface area contributed by atoms with Crippen molar-refractivity contribution in [2.75, 3.05) is 33.2 Å². The van der Waals surface area contributed by atoms with Gasteiger partial charge in [-0.2, -0.15) is 9.40 Å². The molecule has 10 heteroatoms. The molecule has 0 bridgehead atoms. The van der Waals surface area contributed by atoms with E-state index in [9.17, 15) is 18.0 Å². The molecule has 2 aliphatic heterocycles. The number of hydrogen-bond donors (Lipinski definition) is 0. The third-order valence-electron chi connectivity index (χ3n) is 4.74. The van der Waals surface area contributed by atoms with Gasteiger partial charge in [-0.3, -0.25) is 14.3 Å². The summed E-state index contributed by atoms with van der Waals surface area (Å²) >= 11 is 0. The van der Waals surface area contributed by atoms with Crippen LogP contribution < -0.4 is 0 Å². The number of sulfonamides is 1. The lowest BCUT2D eigenvalue weighted by atomic mass is 10.1. The number of carbonyl (C=O) groups excluding carboxylic acids is 2. The van der Waals surface area contributed by atoms with Crippen LogP contribution in [0.3, 0.4) is 0 Å². The minimum Gasteiger partial charge on any atom is -0.335 e. The molecule has 2 fully saturated rings. The Balaban J connectivity index is 1.94. The Morgan fingerprint density at radius 1 is 1.12 bits per heavy atom. The number of rotatable bonds is 2. The minimum atomic E-state index is -3.77. The normalized spacial score (nSPS) is 22.9. The fourth-order valence-electron chi connectivity index (χ4n) is 3.37. The first-order chi connectivity index (χ1) is 11.1. The van der Waals surface area contributed by atoms with Crippen molar-refractivity contribution in [1.82, 2.24) is 23.9 Å². The minimum absolute atomic E-state index is 0.0228. The van der Waals surface area contributed by atoms with Crippen molar-refractivity contribution in [3.8, 4) is 0 Å². The maximum Gasteiger partial charge on any atom is 0.246 e. The van der Waals surface area contributed by atoms with Crippen LogP contribution in [0.1, 0.15) is 11.4 Å². The number of amides is 2. The van der Waals surface area contributed by atoms with Gasteiger partial charge in [0.05, 0.1) is 17.9 Å². The van der Waals surface area contributed by atoms with Gasteiger partial charge < -0.3 is 9.80 Å². The third-order valence-corrected chi connectivity index (χ3v) is 6.86. The van der Waals surface area contributed by atoms with E-state index < -0.39 is 16.1 Å². The highest BCUT2D eigenvalue weighted by molar-refractivity contribution is 7.89. The first-order valence-corrected chi connectivity index (χ1v) is 9.13. The van der Waals surface area contributed by atoms with E-state index >= 15 is 0 Å². The Morgan fingerprint density at radius 3 is 2.38 bits per heavy atom. The van der Waals surface area contributed by atoms with Gasteiger partial charge >= 0.3 is 0 Å². The highest BCUT2D eigenvalue weighted by Gasteiger charge is 2.44. The second-order valence-corrected chi connectivity index (χ2v) is 8.16. The summed E-state index contributed by atoms with van der Waals surface area (Å²) in [6, 6.07) is -0.753. The molecule has 2 aliphatic rings. The quantitative estimate of drug-likeness (QED) is 0.658. The van der Waals surface area contributed by atoms with Crippen LogP contribution in [0.4, 0.5) is 0 Å². The fourth-order valence-corrected chi connectivity index (χ4v) is 5.21. The molecule has 0 aromatic carbocycles. The summed E-state index contributed by atoms with van der Waals surface area (Å²) in [5, 5.41) is 4.16. The number of aryl methyl sites for hydroxylation is 2. The van der Waals surface area contributed by atoms with Gasteiger partial charge in [0, 0.05) is 33.7 Å². The van der Waals surface area contributed by atoms with Crippen molar-refractivity contribution in [3.05, 3.63) is 11.4 Å². The van der Waals surface area contributed by atoms with E-state index in [1.165, 1.54) is 18.8 Å². The van der Waals surface area contributed by atoms with E-state index in [-0.39, 0.29) is 42.9 Å².